The lowest BCUT2D eigenvalue weighted by atomic mass is 10.3. The van der Waals surface area contributed by atoms with Crippen LogP contribution in [0.4, 0.5) is 5.82 Å². The van der Waals surface area contributed by atoms with Crippen molar-refractivity contribution in [2.24, 2.45) is 0 Å². The molecule has 104 valence electrons. The summed E-state index contributed by atoms with van der Waals surface area (Å²) in [5, 5.41) is 4.07. The molecule has 2 aromatic rings. The Morgan fingerprint density at radius 1 is 1.15 bits per heavy atom. The van der Waals surface area contributed by atoms with E-state index < -0.39 is 0 Å². The van der Waals surface area contributed by atoms with Crippen molar-refractivity contribution in [2.45, 2.75) is 16.8 Å². The van der Waals surface area contributed by atoms with Crippen LogP contribution >= 0.6 is 11.8 Å². The van der Waals surface area contributed by atoms with Crippen molar-refractivity contribution in [1.82, 2.24) is 9.97 Å². The Morgan fingerprint density at radius 2 is 2.00 bits per heavy atom. The lowest BCUT2D eigenvalue weighted by Crippen LogP contribution is -2.15. The molecular weight excluding hydrogens is 274 g/mol. The number of fused-ring (bicyclic) bond motifs is 1. The minimum atomic E-state index is 0.596. The van der Waals surface area contributed by atoms with Crippen LogP contribution in [0.25, 0.3) is 0 Å². The molecule has 0 radical (unpaired) electrons. The Bertz CT molecular complexity index is 607. The average Bonchev–Trinajstić information content (AvgIpc) is 2.48. The third-order valence-electron chi connectivity index (χ3n) is 2.74. The highest BCUT2D eigenvalue weighted by Gasteiger charge is 2.12. The normalized spacial score (nSPS) is 13.1. The van der Waals surface area contributed by atoms with Crippen LogP contribution in [0.3, 0.4) is 0 Å². The number of hydrogen-bond donors (Lipinski definition) is 1. The molecule has 1 aliphatic heterocycles. The SMILES string of the molecule is CCNc1cc(Sc2ccc3c(c2)OCCO3)ncn1. The molecule has 0 spiro atoms. The van der Waals surface area contributed by atoms with E-state index in [2.05, 4.69) is 15.3 Å². The molecular formula is C14H15N3O2S. The van der Waals surface area contributed by atoms with Gasteiger partial charge in [0.1, 0.15) is 30.4 Å². The molecule has 2 heterocycles. The number of hydrogen-bond acceptors (Lipinski definition) is 6. The van der Waals surface area contributed by atoms with E-state index in [1.54, 1.807) is 18.1 Å². The van der Waals surface area contributed by atoms with Crippen molar-refractivity contribution in [3.05, 3.63) is 30.6 Å². The van der Waals surface area contributed by atoms with Crippen LogP contribution in [0.2, 0.25) is 0 Å². The first-order valence-corrected chi connectivity index (χ1v) is 7.30. The van der Waals surface area contributed by atoms with Gasteiger partial charge in [0, 0.05) is 17.5 Å². The Morgan fingerprint density at radius 3 is 2.85 bits per heavy atom. The van der Waals surface area contributed by atoms with Crippen LogP contribution in [0.5, 0.6) is 11.5 Å². The molecule has 1 aromatic carbocycles. The second kappa shape index (κ2) is 6.00. The van der Waals surface area contributed by atoms with Crippen LogP contribution in [0.15, 0.2) is 40.5 Å². The van der Waals surface area contributed by atoms with Gasteiger partial charge in [-0.2, -0.15) is 0 Å². The molecule has 1 aromatic heterocycles. The highest BCUT2D eigenvalue weighted by molar-refractivity contribution is 7.99. The number of nitrogens with zero attached hydrogens (tertiary/aromatic N) is 2. The van der Waals surface area contributed by atoms with E-state index in [1.807, 2.05) is 31.2 Å². The molecule has 1 aliphatic rings. The van der Waals surface area contributed by atoms with Crippen molar-refractivity contribution >= 4 is 17.6 Å². The van der Waals surface area contributed by atoms with Crippen LogP contribution in [-0.4, -0.2) is 29.7 Å². The Labute approximate surface area is 121 Å². The Balaban J connectivity index is 1.78. The predicted octanol–water partition coefficient (Wildman–Crippen LogP) is 2.83. The molecule has 0 fully saturated rings. The fraction of sp³-hybridized carbons (Fsp3) is 0.286. The average molecular weight is 289 g/mol. The summed E-state index contributed by atoms with van der Waals surface area (Å²) in [6.45, 7) is 4.08. The van der Waals surface area contributed by atoms with E-state index in [0.29, 0.717) is 13.2 Å². The fourth-order valence-electron chi connectivity index (χ4n) is 1.88. The molecule has 0 amide bonds. The second-order valence-corrected chi connectivity index (χ2v) is 5.27. The van der Waals surface area contributed by atoms with Gasteiger partial charge in [-0.3, -0.25) is 0 Å². The van der Waals surface area contributed by atoms with Gasteiger partial charge in [-0.1, -0.05) is 11.8 Å². The summed E-state index contributed by atoms with van der Waals surface area (Å²) >= 11 is 1.57. The number of nitrogens with one attached hydrogen (secondary N) is 1. The molecule has 0 saturated carbocycles. The molecule has 6 heteroatoms. The van der Waals surface area contributed by atoms with Gasteiger partial charge in [0.25, 0.3) is 0 Å². The number of benzene rings is 1. The Kier molecular flexibility index (Phi) is 3.92. The summed E-state index contributed by atoms with van der Waals surface area (Å²) < 4.78 is 11.1. The van der Waals surface area contributed by atoms with Gasteiger partial charge in [0.15, 0.2) is 11.5 Å². The van der Waals surface area contributed by atoms with E-state index in [4.69, 9.17) is 9.47 Å². The Hall–Kier alpha value is -1.95. The van der Waals surface area contributed by atoms with Crippen molar-refractivity contribution in [3.63, 3.8) is 0 Å². The number of aromatic nitrogens is 2. The van der Waals surface area contributed by atoms with Crippen LogP contribution in [0.1, 0.15) is 6.92 Å². The van der Waals surface area contributed by atoms with Gasteiger partial charge in [-0.05, 0) is 25.1 Å². The van der Waals surface area contributed by atoms with Gasteiger partial charge in [-0.25, -0.2) is 9.97 Å². The quantitative estimate of drug-likeness (QED) is 0.873. The monoisotopic (exact) mass is 289 g/mol. The minimum Gasteiger partial charge on any atom is -0.486 e. The summed E-state index contributed by atoms with van der Waals surface area (Å²) in [6.07, 6.45) is 1.57. The zero-order valence-corrected chi connectivity index (χ0v) is 11.9. The zero-order chi connectivity index (χ0) is 13.8. The predicted molar refractivity (Wildman–Crippen MR) is 77.8 cm³/mol. The first-order valence-electron chi connectivity index (χ1n) is 6.48. The summed E-state index contributed by atoms with van der Waals surface area (Å²) in [7, 11) is 0. The summed E-state index contributed by atoms with van der Waals surface area (Å²) in [4.78, 5) is 9.49. The van der Waals surface area contributed by atoms with Crippen molar-refractivity contribution in [3.8, 4) is 11.5 Å². The van der Waals surface area contributed by atoms with Crippen molar-refractivity contribution in [1.29, 1.82) is 0 Å². The molecule has 20 heavy (non-hydrogen) atoms. The van der Waals surface area contributed by atoms with Crippen molar-refractivity contribution < 1.29 is 9.47 Å². The van der Waals surface area contributed by atoms with Crippen LogP contribution in [-0.2, 0) is 0 Å². The first-order chi connectivity index (χ1) is 9.85. The third-order valence-corrected chi connectivity index (χ3v) is 3.66. The van der Waals surface area contributed by atoms with E-state index in [9.17, 15) is 0 Å². The number of ether oxygens (including phenoxy) is 2. The van der Waals surface area contributed by atoms with Gasteiger partial charge in [-0.15, -0.1) is 0 Å². The maximum absolute atomic E-state index is 5.58. The largest absolute Gasteiger partial charge is 0.486 e. The maximum atomic E-state index is 5.58. The molecule has 3 rings (SSSR count). The summed E-state index contributed by atoms with van der Waals surface area (Å²) in [5.74, 6) is 2.43. The standard InChI is InChI=1S/C14H15N3O2S/c1-2-15-13-8-14(17-9-16-13)20-10-3-4-11-12(7-10)19-6-5-18-11/h3-4,7-9H,2,5-6H2,1H3,(H,15,16,17). The summed E-state index contributed by atoms with van der Waals surface area (Å²) in [5.41, 5.74) is 0. The van der Waals surface area contributed by atoms with Gasteiger partial charge in [0.2, 0.25) is 0 Å². The molecule has 5 nitrogen and oxygen atoms in total. The van der Waals surface area contributed by atoms with Gasteiger partial charge in [0.05, 0.1) is 0 Å². The zero-order valence-electron chi connectivity index (χ0n) is 11.1. The lowest BCUT2D eigenvalue weighted by molar-refractivity contribution is 0.171. The van der Waals surface area contributed by atoms with Gasteiger partial charge < -0.3 is 14.8 Å². The number of rotatable bonds is 4. The highest BCUT2D eigenvalue weighted by atomic mass is 32.2. The van der Waals surface area contributed by atoms with Crippen molar-refractivity contribution in [2.75, 3.05) is 25.1 Å². The molecule has 1 N–H and O–H groups in total. The van der Waals surface area contributed by atoms with Crippen LogP contribution < -0.4 is 14.8 Å². The smallest absolute Gasteiger partial charge is 0.162 e. The molecule has 0 bridgehead atoms. The fourth-order valence-corrected chi connectivity index (χ4v) is 2.69. The summed E-state index contributed by atoms with van der Waals surface area (Å²) in [6, 6.07) is 7.86. The second-order valence-electron chi connectivity index (χ2n) is 4.18. The maximum Gasteiger partial charge on any atom is 0.162 e. The van der Waals surface area contributed by atoms with Crippen LogP contribution in [0, 0.1) is 0 Å². The van der Waals surface area contributed by atoms with Gasteiger partial charge >= 0.3 is 0 Å². The highest BCUT2D eigenvalue weighted by Crippen LogP contribution is 2.36. The van der Waals surface area contributed by atoms with E-state index >= 15 is 0 Å². The van der Waals surface area contributed by atoms with E-state index in [1.165, 1.54) is 0 Å². The molecule has 0 atom stereocenters. The topological polar surface area (TPSA) is 56.3 Å². The van der Waals surface area contributed by atoms with E-state index in [-0.39, 0.29) is 0 Å². The minimum absolute atomic E-state index is 0.596. The number of anilines is 1. The molecule has 0 aliphatic carbocycles. The first kappa shape index (κ1) is 13.1. The third kappa shape index (κ3) is 2.96. The lowest BCUT2D eigenvalue weighted by Gasteiger charge is -2.18. The molecule has 0 saturated heterocycles. The molecule has 0 unspecified atom stereocenters. The van der Waals surface area contributed by atoms with E-state index in [0.717, 1.165) is 33.8 Å².